The number of rotatable bonds is 2. The van der Waals surface area contributed by atoms with Crippen molar-refractivity contribution in [2.75, 3.05) is 24.2 Å². The van der Waals surface area contributed by atoms with Gasteiger partial charge in [0, 0.05) is 25.0 Å². The van der Waals surface area contributed by atoms with Gasteiger partial charge in [-0.2, -0.15) is 0 Å². The molecule has 1 aliphatic rings. The molecule has 0 aromatic heterocycles. The van der Waals surface area contributed by atoms with Crippen LogP contribution in [0.4, 0.5) is 11.4 Å². The van der Waals surface area contributed by atoms with Crippen molar-refractivity contribution in [1.29, 1.82) is 0 Å². The number of aryl methyl sites for hydroxylation is 1. The van der Waals surface area contributed by atoms with Crippen LogP contribution in [-0.2, 0) is 4.79 Å². The number of nitrogens with one attached hydrogen (secondary N) is 1. The van der Waals surface area contributed by atoms with E-state index < -0.39 is 0 Å². The Morgan fingerprint density at radius 3 is 2.94 bits per heavy atom. The third kappa shape index (κ3) is 2.42. The normalized spacial score (nSPS) is 19.7. The van der Waals surface area contributed by atoms with Crippen LogP contribution in [0.15, 0.2) is 18.2 Å². The summed E-state index contributed by atoms with van der Waals surface area (Å²) in [7, 11) is 1.70. The Morgan fingerprint density at radius 2 is 2.22 bits per heavy atom. The second kappa shape index (κ2) is 5.29. The van der Waals surface area contributed by atoms with Crippen LogP contribution in [-0.4, -0.2) is 25.5 Å². The maximum Gasteiger partial charge on any atom is 0.242 e. The smallest absolute Gasteiger partial charge is 0.242 e. The molecule has 0 spiro atoms. The van der Waals surface area contributed by atoms with E-state index in [0.717, 1.165) is 37.2 Å². The van der Waals surface area contributed by atoms with Crippen LogP contribution in [0, 0.1) is 6.92 Å². The van der Waals surface area contributed by atoms with E-state index in [2.05, 4.69) is 17.1 Å². The van der Waals surface area contributed by atoms with Gasteiger partial charge in [-0.3, -0.25) is 4.79 Å². The standard InChI is InChI=1S/C14H21N3O/c1-10-6-7-11(15)9-13(10)17-8-4-3-5-12(17)14(18)16-2/h6-7,9,12H,3-5,8,15H2,1-2H3,(H,16,18). The molecule has 98 valence electrons. The zero-order valence-electron chi connectivity index (χ0n) is 11.1. The topological polar surface area (TPSA) is 58.4 Å². The molecule has 1 atom stereocenters. The van der Waals surface area contributed by atoms with E-state index in [1.807, 2.05) is 18.2 Å². The Balaban J connectivity index is 2.33. The van der Waals surface area contributed by atoms with Gasteiger partial charge in [-0.05, 0) is 43.9 Å². The van der Waals surface area contributed by atoms with Crippen LogP contribution >= 0.6 is 0 Å². The third-order valence-corrected chi connectivity index (χ3v) is 3.59. The van der Waals surface area contributed by atoms with Crippen molar-refractivity contribution in [2.24, 2.45) is 0 Å². The van der Waals surface area contributed by atoms with Crippen LogP contribution in [0.5, 0.6) is 0 Å². The van der Waals surface area contributed by atoms with Gasteiger partial charge in [0.25, 0.3) is 0 Å². The molecule has 4 heteroatoms. The molecule has 4 nitrogen and oxygen atoms in total. The maximum atomic E-state index is 12.0. The molecular formula is C14H21N3O. The Bertz CT molecular complexity index is 445. The molecule has 0 saturated carbocycles. The molecule has 1 amide bonds. The van der Waals surface area contributed by atoms with E-state index >= 15 is 0 Å². The number of carbonyl (C=O) groups excluding carboxylic acids is 1. The summed E-state index contributed by atoms with van der Waals surface area (Å²) in [5.41, 5.74) is 8.86. The Morgan fingerprint density at radius 1 is 1.44 bits per heavy atom. The lowest BCUT2D eigenvalue weighted by Gasteiger charge is -2.37. The van der Waals surface area contributed by atoms with Crippen molar-refractivity contribution >= 4 is 17.3 Å². The Kier molecular flexibility index (Phi) is 3.75. The molecule has 1 aliphatic heterocycles. The first-order chi connectivity index (χ1) is 8.63. The summed E-state index contributed by atoms with van der Waals surface area (Å²) in [6.07, 6.45) is 3.14. The summed E-state index contributed by atoms with van der Waals surface area (Å²) in [5.74, 6) is 0.0940. The van der Waals surface area contributed by atoms with Crippen molar-refractivity contribution in [3.8, 4) is 0 Å². The lowest BCUT2D eigenvalue weighted by Crippen LogP contribution is -2.49. The summed E-state index contributed by atoms with van der Waals surface area (Å²) >= 11 is 0. The highest BCUT2D eigenvalue weighted by atomic mass is 16.2. The first kappa shape index (κ1) is 12.7. The molecule has 0 radical (unpaired) electrons. The van der Waals surface area contributed by atoms with Gasteiger partial charge >= 0.3 is 0 Å². The van der Waals surface area contributed by atoms with Gasteiger partial charge < -0.3 is 16.0 Å². The van der Waals surface area contributed by atoms with Crippen LogP contribution in [0.2, 0.25) is 0 Å². The molecule has 1 aromatic carbocycles. The number of nitrogens with two attached hydrogens (primary N) is 1. The SMILES string of the molecule is CNC(=O)C1CCCCN1c1cc(N)ccc1C. The number of carbonyl (C=O) groups is 1. The number of amides is 1. The first-order valence-corrected chi connectivity index (χ1v) is 6.48. The monoisotopic (exact) mass is 247 g/mol. The van der Waals surface area contributed by atoms with Gasteiger partial charge in [0.05, 0.1) is 0 Å². The van der Waals surface area contributed by atoms with Crippen molar-refractivity contribution < 1.29 is 4.79 Å². The minimum atomic E-state index is -0.0655. The average molecular weight is 247 g/mol. The van der Waals surface area contributed by atoms with E-state index in [0.29, 0.717) is 0 Å². The summed E-state index contributed by atoms with van der Waals surface area (Å²) in [6, 6.07) is 5.82. The van der Waals surface area contributed by atoms with Crippen LogP contribution in [0.25, 0.3) is 0 Å². The highest BCUT2D eigenvalue weighted by molar-refractivity contribution is 5.85. The number of hydrogen-bond donors (Lipinski definition) is 2. The molecular weight excluding hydrogens is 226 g/mol. The van der Waals surface area contributed by atoms with E-state index in [-0.39, 0.29) is 11.9 Å². The molecule has 2 rings (SSSR count). The summed E-state index contributed by atoms with van der Waals surface area (Å²) in [6.45, 7) is 2.98. The highest BCUT2D eigenvalue weighted by Gasteiger charge is 2.28. The van der Waals surface area contributed by atoms with Gasteiger partial charge in [-0.15, -0.1) is 0 Å². The molecule has 1 fully saturated rings. The quantitative estimate of drug-likeness (QED) is 0.782. The molecule has 0 bridgehead atoms. The Hall–Kier alpha value is -1.71. The average Bonchev–Trinajstić information content (AvgIpc) is 2.40. The van der Waals surface area contributed by atoms with Gasteiger partial charge in [0.15, 0.2) is 0 Å². The summed E-state index contributed by atoms with van der Waals surface area (Å²) in [5, 5.41) is 2.76. The lowest BCUT2D eigenvalue weighted by atomic mass is 9.99. The zero-order valence-corrected chi connectivity index (χ0v) is 11.1. The molecule has 1 heterocycles. The molecule has 1 saturated heterocycles. The van der Waals surface area contributed by atoms with Crippen molar-refractivity contribution in [3.63, 3.8) is 0 Å². The van der Waals surface area contributed by atoms with Gasteiger partial charge in [-0.25, -0.2) is 0 Å². The number of likely N-dealkylation sites (N-methyl/N-ethyl adjacent to an activating group) is 1. The minimum Gasteiger partial charge on any atom is -0.399 e. The Labute approximate surface area is 108 Å². The minimum absolute atomic E-state index is 0.0655. The number of hydrogen-bond acceptors (Lipinski definition) is 3. The second-order valence-electron chi connectivity index (χ2n) is 4.87. The number of benzene rings is 1. The molecule has 3 N–H and O–H groups in total. The van der Waals surface area contributed by atoms with Crippen LogP contribution in [0.1, 0.15) is 24.8 Å². The third-order valence-electron chi connectivity index (χ3n) is 3.59. The van der Waals surface area contributed by atoms with Gasteiger partial charge in [-0.1, -0.05) is 6.07 Å². The molecule has 0 aliphatic carbocycles. The van der Waals surface area contributed by atoms with Gasteiger partial charge in [0.1, 0.15) is 6.04 Å². The van der Waals surface area contributed by atoms with E-state index in [9.17, 15) is 4.79 Å². The van der Waals surface area contributed by atoms with E-state index in [1.165, 1.54) is 5.56 Å². The van der Waals surface area contributed by atoms with Crippen LogP contribution in [0.3, 0.4) is 0 Å². The summed E-state index contributed by atoms with van der Waals surface area (Å²) < 4.78 is 0. The number of piperidine rings is 1. The van der Waals surface area contributed by atoms with Crippen molar-refractivity contribution in [2.45, 2.75) is 32.2 Å². The first-order valence-electron chi connectivity index (χ1n) is 6.48. The van der Waals surface area contributed by atoms with Crippen LogP contribution < -0.4 is 16.0 Å². The number of nitrogens with zero attached hydrogens (tertiary/aromatic N) is 1. The number of nitrogen functional groups attached to an aromatic ring is 1. The molecule has 18 heavy (non-hydrogen) atoms. The molecule has 1 unspecified atom stereocenters. The fourth-order valence-electron chi connectivity index (χ4n) is 2.59. The number of anilines is 2. The lowest BCUT2D eigenvalue weighted by molar-refractivity contribution is -0.122. The van der Waals surface area contributed by atoms with E-state index in [4.69, 9.17) is 5.73 Å². The predicted molar refractivity (Wildman–Crippen MR) is 74.6 cm³/mol. The van der Waals surface area contributed by atoms with Crippen molar-refractivity contribution in [3.05, 3.63) is 23.8 Å². The second-order valence-corrected chi connectivity index (χ2v) is 4.87. The summed E-state index contributed by atoms with van der Waals surface area (Å²) in [4.78, 5) is 14.2. The fourth-order valence-corrected chi connectivity index (χ4v) is 2.59. The zero-order chi connectivity index (χ0) is 13.1. The van der Waals surface area contributed by atoms with E-state index in [1.54, 1.807) is 7.05 Å². The highest BCUT2D eigenvalue weighted by Crippen LogP contribution is 2.29. The predicted octanol–water partition coefficient (Wildman–Crippen LogP) is 1.68. The van der Waals surface area contributed by atoms with Crippen molar-refractivity contribution in [1.82, 2.24) is 5.32 Å². The largest absolute Gasteiger partial charge is 0.399 e. The molecule has 1 aromatic rings. The fraction of sp³-hybridized carbons (Fsp3) is 0.500. The van der Waals surface area contributed by atoms with Gasteiger partial charge in [0.2, 0.25) is 5.91 Å². The maximum absolute atomic E-state index is 12.0.